The SMILES string of the molecule is CCOC(=O)c1ccc2c(c1)N([C@H](CC)C(=O)Nc1cccc(C)c1)C(=O)c1ccccc1S2. The summed E-state index contributed by atoms with van der Waals surface area (Å²) in [5, 5.41) is 2.95. The minimum absolute atomic E-state index is 0.245. The van der Waals surface area contributed by atoms with Gasteiger partial charge < -0.3 is 10.1 Å². The highest BCUT2D eigenvalue weighted by Gasteiger charge is 2.36. The van der Waals surface area contributed by atoms with E-state index in [1.54, 1.807) is 31.2 Å². The molecule has 0 aliphatic carbocycles. The summed E-state index contributed by atoms with van der Waals surface area (Å²) in [6.07, 6.45) is 0.388. The van der Waals surface area contributed by atoms with Crippen LogP contribution in [0.3, 0.4) is 0 Å². The topological polar surface area (TPSA) is 75.7 Å². The van der Waals surface area contributed by atoms with Gasteiger partial charge in [0, 0.05) is 15.5 Å². The number of esters is 1. The van der Waals surface area contributed by atoms with Crippen molar-refractivity contribution >= 4 is 40.9 Å². The zero-order chi connectivity index (χ0) is 24.2. The number of hydrogen-bond acceptors (Lipinski definition) is 5. The Hall–Kier alpha value is -3.58. The lowest BCUT2D eigenvalue weighted by molar-refractivity contribution is -0.117. The van der Waals surface area contributed by atoms with Crippen LogP contribution >= 0.6 is 11.8 Å². The van der Waals surface area contributed by atoms with E-state index in [0.717, 1.165) is 15.4 Å². The van der Waals surface area contributed by atoms with Gasteiger partial charge in [0.25, 0.3) is 5.91 Å². The van der Waals surface area contributed by atoms with Gasteiger partial charge in [-0.15, -0.1) is 0 Å². The molecule has 0 aromatic heterocycles. The summed E-state index contributed by atoms with van der Waals surface area (Å²) in [6.45, 7) is 5.81. The van der Waals surface area contributed by atoms with Crippen LogP contribution in [0.1, 0.15) is 46.5 Å². The van der Waals surface area contributed by atoms with Crippen LogP contribution in [-0.2, 0) is 9.53 Å². The molecule has 1 N–H and O–H groups in total. The maximum Gasteiger partial charge on any atom is 0.338 e. The first-order valence-corrected chi connectivity index (χ1v) is 12.0. The third kappa shape index (κ3) is 4.70. The largest absolute Gasteiger partial charge is 0.462 e. The normalized spacial score (nSPS) is 13.4. The van der Waals surface area contributed by atoms with Crippen molar-refractivity contribution in [1.82, 2.24) is 0 Å². The molecule has 0 saturated heterocycles. The summed E-state index contributed by atoms with van der Waals surface area (Å²) >= 11 is 1.44. The van der Waals surface area contributed by atoms with Crippen molar-refractivity contribution in [3.8, 4) is 0 Å². The van der Waals surface area contributed by atoms with Crippen LogP contribution in [0.5, 0.6) is 0 Å². The number of amides is 2. The van der Waals surface area contributed by atoms with Crippen LogP contribution in [0.25, 0.3) is 0 Å². The first-order valence-electron chi connectivity index (χ1n) is 11.2. The molecule has 1 heterocycles. The van der Waals surface area contributed by atoms with E-state index < -0.39 is 12.0 Å². The van der Waals surface area contributed by atoms with Gasteiger partial charge in [0.2, 0.25) is 5.91 Å². The molecule has 6 nitrogen and oxygen atoms in total. The van der Waals surface area contributed by atoms with E-state index in [-0.39, 0.29) is 18.4 Å². The van der Waals surface area contributed by atoms with Gasteiger partial charge in [-0.05, 0) is 68.3 Å². The number of aryl methyl sites for hydroxylation is 1. The Labute approximate surface area is 203 Å². The van der Waals surface area contributed by atoms with Crippen LogP contribution < -0.4 is 10.2 Å². The third-order valence-electron chi connectivity index (χ3n) is 5.57. The predicted molar refractivity (Wildman–Crippen MR) is 134 cm³/mol. The molecule has 1 aliphatic rings. The highest BCUT2D eigenvalue weighted by atomic mass is 32.2. The fourth-order valence-electron chi connectivity index (χ4n) is 3.97. The molecule has 1 aliphatic heterocycles. The zero-order valence-electron chi connectivity index (χ0n) is 19.3. The summed E-state index contributed by atoms with van der Waals surface area (Å²) in [5.74, 6) is -1.05. The minimum atomic E-state index is -0.782. The van der Waals surface area contributed by atoms with E-state index in [0.29, 0.717) is 28.9 Å². The number of carbonyl (C=O) groups excluding carboxylic acids is 3. The molecular formula is C27H26N2O4S. The van der Waals surface area contributed by atoms with Crippen LogP contribution in [0.2, 0.25) is 0 Å². The maximum atomic E-state index is 13.8. The number of fused-ring (bicyclic) bond motifs is 2. The Balaban J connectivity index is 1.81. The Kier molecular flexibility index (Phi) is 7.03. The van der Waals surface area contributed by atoms with Crippen molar-refractivity contribution < 1.29 is 19.1 Å². The monoisotopic (exact) mass is 474 g/mol. The van der Waals surface area contributed by atoms with Crippen molar-refractivity contribution in [3.63, 3.8) is 0 Å². The van der Waals surface area contributed by atoms with Crippen molar-refractivity contribution in [2.24, 2.45) is 0 Å². The Bertz CT molecular complexity index is 1260. The Morgan fingerprint density at radius 1 is 1.00 bits per heavy atom. The molecule has 1 atom stereocenters. The Morgan fingerprint density at radius 2 is 1.79 bits per heavy atom. The second-order valence-electron chi connectivity index (χ2n) is 7.96. The molecule has 0 radical (unpaired) electrons. The molecule has 174 valence electrons. The fourth-order valence-corrected chi connectivity index (χ4v) is 5.01. The molecule has 0 saturated carbocycles. The number of ether oxygens (including phenoxy) is 1. The maximum absolute atomic E-state index is 13.8. The number of nitrogens with one attached hydrogen (secondary N) is 1. The fraction of sp³-hybridized carbons (Fsp3) is 0.222. The molecule has 0 bridgehead atoms. The number of rotatable bonds is 6. The molecule has 0 unspecified atom stereocenters. The van der Waals surface area contributed by atoms with Crippen molar-refractivity contribution in [2.75, 3.05) is 16.8 Å². The van der Waals surface area contributed by atoms with Gasteiger partial charge in [-0.25, -0.2) is 4.79 Å². The molecule has 7 heteroatoms. The summed E-state index contributed by atoms with van der Waals surface area (Å²) < 4.78 is 5.17. The smallest absolute Gasteiger partial charge is 0.338 e. The number of benzene rings is 3. The van der Waals surface area contributed by atoms with Gasteiger partial charge in [-0.2, -0.15) is 0 Å². The highest BCUT2D eigenvalue weighted by molar-refractivity contribution is 7.99. The van der Waals surface area contributed by atoms with Crippen LogP contribution in [-0.4, -0.2) is 30.4 Å². The van der Waals surface area contributed by atoms with Crippen LogP contribution in [0.4, 0.5) is 11.4 Å². The molecule has 0 fully saturated rings. The average molecular weight is 475 g/mol. The van der Waals surface area contributed by atoms with Crippen molar-refractivity contribution in [2.45, 2.75) is 43.0 Å². The van der Waals surface area contributed by atoms with Crippen molar-refractivity contribution in [3.05, 3.63) is 83.4 Å². The van der Waals surface area contributed by atoms with Gasteiger partial charge in [0.15, 0.2) is 0 Å². The van der Waals surface area contributed by atoms with Gasteiger partial charge >= 0.3 is 5.97 Å². The highest BCUT2D eigenvalue weighted by Crippen LogP contribution is 2.43. The molecule has 3 aromatic rings. The number of anilines is 2. The van der Waals surface area contributed by atoms with E-state index in [2.05, 4.69) is 5.32 Å². The summed E-state index contributed by atoms with van der Waals surface area (Å²) in [4.78, 5) is 42.8. The Morgan fingerprint density at radius 3 is 2.53 bits per heavy atom. The van der Waals surface area contributed by atoms with Crippen molar-refractivity contribution in [1.29, 1.82) is 0 Å². The van der Waals surface area contributed by atoms with Crippen LogP contribution in [0.15, 0.2) is 76.5 Å². The van der Waals surface area contributed by atoms with E-state index in [4.69, 9.17) is 4.74 Å². The molecule has 2 amide bonds. The first kappa shape index (κ1) is 23.6. The standard InChI is InChI=1S/C27H26N2O4S/c1-4-21(25(30)28-19-10-8-9-17(3)15-19)29-22-16-18(27(32)33-5-2)13-14-24(22)34-23-12-7-6-11-20(23)26(29)31/h6-16,21H,4-5H2,1-3H3,(H,28,30)/t21-/m1/s1. The second-order valence-corrected chi connectivity index (χ2v) is 9.04. The molecule has 34 heavy (non-hydrogen) atoms. The number of nitrogens with zero attached hydrogens (tertiary/aromatic N) is 1. The van der Waals surface area contributed by atoms with Gasteiger partial charge in [0.1, 0.15) is 6.04 Å². The minimum Gasteiger partial charge on any atom is -0.462 e. The lowest BCUT2D eigenvalue weighted by Crippen LogP contribution is -2.47. The van der Waals surface area contributed by atoms with E-state index in [1.165, 1.54) is 16.7 Å². The van der Waals surface area contributed by atoms with E-state index in [9.17, 15) is 14.4 Å². The second kappa shape index (κ2) is 10.1. The average Bonchev–Trinajstić information content (AvgIpc) is 2.94. The molecule has 0 spiro atoms. The lowest BCUT2D eigenvalue weighted by Gasteiger charge is -2.31. The van der Waals surface area contributed by atoms with Crippen LogP contribution in [0, 0.1) is 6.92 Å². The van der Waals surface area contributed by atoms with Gasteiger partial charge in [-0.3, -0.25) is 14.5 Å². The summed E-state index contributed by atoms with van der Waals surface area (Å²) in [7, 11) is 0. The number of carbonyl (C=O) groups is 3. The quantitative estimate of drug-likeness (QED) is 0.464. The summed E-state index contributed by atoms with van der Waals surface area (Å²) in [6, 6.07) is 19.2. The third-order valence-corrected chi connectivity index (χ3v) is 6.71. The van der Waals surface area contributed by atoms with Gasteiger partial charge in [0.05, 0.1) is 23.4 Å². The predicted octanol–water partition coefficient (Wildman–Crippen LogP) is 5.70. The molecule has 4 rings (SSSR count). The molecular weight excluding hydrogens is 448 g/mol. The first-order chi connectivity index (χ1) is 16.4. The van der Waals surface area contributed by atoms with Gasteiger partial charge in [-0.1, -0.05) is 43.0 Å². The number of hydrogen-bond donors (Lipinski definition) is 1. The zero-order valence-corrected chi connectivity index (χ0v) is 20.1. The van der Waals surface area contributed by atoms with E-state index in [1.807, 2.05) is 56.3 Å². The molecule has 3 aromatic carbocycles. The lowest BCUT2D eigenvalue weighted by atomic mass is 10.1. The summed E-state index contributed by atoms with van der Waals surface area (Å²) in [5.41, 5.74) is 3.05. The van der Waals surface area contributed by atoms with E-state index >= 15 is 0 Å².